The summed E-state index contributed by atoms with van der Waals surface area (Å²) in [7, 11) is 0. The fourth-order valence-electron chi connectivity index (χ4n) is 3.36. The van der Waals surface area contributed by atoms with E-state index in [-0.39, 0.29) is 27.6 Å². The number of carboxylic acids is 1. The molecule has 1 aliphatic heterocycles. The predicted octanol–water partition coefficient (Wildman–Crippen LogP) is 2.84. The van der Waals surface area contributed by atoms with E-state index in [9.17, 15) is 29.6 Å². The molecule has 0 aromatic heterocycles. The summed E-state index contributed by atoms with van der Waals surface area (Å²) in [6.45, 7) is 4.87. The van der Waals surface area contributed by atoms with Crippen LogP contribution in [0.4, 0.5) is 5.69 Å². The number of hydrogen-bond acceptors (Lipinski definition) is 5. The van der Waals surface area contributed by atoms with Gasteiger partial charge in [-0.05, 0) is 23.6 Å². The lowest BCUT2D eigenvalue weighted by Crippen LogP contribution is -2.56. The smallest absolute Gasteiger partial charge is 0.327 e. The van der Waals surface area contributed by atoms with Crippen molar-refractivity contribution in [1.29, 1.82) is 0 Å². The molecule has 1 atom stereocenters. The van der Waals surface area contributed by atoms with E-state index in [0.717, 1.165) is 4.90 Å². The molecule has 26 heavy (non-hydrogen) atoms. The first kappa shape index (κ1) is 17.5. The third kappa shape index (κ3) is 2.42. The molecule has 0 radical (unpaired) electrons. The van der Waals surface area contributed by atoms with Gasteiger partial charge in [0.25, 0.3) is 17.5 Å². The van der Waals surface area contributed by atoms with Crippen molar-refractivity contribution >= 4 is 34.2 Å². The minimum atomic E-state index is -1.37. The first-order valence-electron chi connectivity index (χ1n) is 7.86. The first-order chi connectivity index (χ1) is 12.1. The van der Waals surface area contributed by atoms with E-state index in [1.54, 1.807) is 20.8 Å². The number of nitro benzene ring substituents is 1. The van der Waals surface area contributed by atoms with Crippen molar-refractivity contribution in [2.45, 2.75) is 26.8 Å². The zero-order valence-corrected chi connectivity index (χ0v) is 14.3. The van der Waals surface area contributed by atoms with Crippen molar-refractivity contribution in [2.75, 3.05) is 0 Å². The van der Waals surface area contributed by atoms with E-state index in [2.05, 4.69) is 0 Å². The Labute approximate surface area is 148 Å². The highest BCUT2D eigenvalue weighted by molar-refractivity contribution is 6.27. The van der Waals surface area contributed by atoms with Crippen molar-refractivity contribution in [3.8, 4) is 0 Å². The molecule has 8 heteroatoms. The summed E-state index contributed by atoms with van der Waals surface area (Å²) in [6.07, 6.45) is 0. The van der Waals surface area contributed by atoms with Gasteiger partial charge in [0.05, 0.1) is 10.3 Å². The number of hydrogen-bond donors (Lipinski definition) is 1. The van der Waals surface area contributed by atoms with E-state index in [1.807, 2.05) is 0 Å². The Bertz CT molecular complexity index is 967. The normalized spacial score (nSPS) is 15.3. The molecule has 0 aliphatic carbocycles. The highest BCUT2D eigenvalue weighted by Gasteiger charge is 2.46. The molecule has 2 aromatic carbocycles. The molecule has 8 nitrogen and oxygen atoms in total. The molecular weight excluding hydrogens is 340 g/mol. The molecule has 0 saturated heterocycles. The van der Waals surface area contributed by atoms with Gasteiger partial charge in [0.15, 0.2) is 0 Å². The third-order valence-corrected chi connectivity index (χ3v) is 4.43. The van der Waals surface area contributed by atoms with Crippen molar-refractivity contribution in [3.05, 3.63) is 51.6 Å². The van der Waals surface area contributed by atoms with Gasteiger partial charge in [-0.15, -0.1) is 0 Å². The standard InChI is InChI=1S/C18H16N2O6/c1-18(2,3)14(17(23)24)19-15(21)10-6-4-5-9-12(20(25)26)8-7-11(13(9)10)16(19)22/h4-8,14H,1-3H3,(H,23,24)/t14-/m0/s1. The predicted molar refractivity (Wildman–Crippen MR) is 92.0 cm³/mol. The number of imide groups is 1. The van der Waals surface area contributed by atoms with Gasteiger partial charge in [0.1, 0.15) is 6.04 Å². The fraction of sp³-hybridized carbons (Fsp3) is 0.278. The molecule has 1 aliphatic rings. The van der Waals surface area contributed by atoms with Crippen LogP contribution in [0.25, 0.3) is 10.8 Å². The van der Waals surface area contributed by atoms with Crippen LogP contribution in [0.15, 0.2) is 30.3 Å². The molecule has 0 spiro atoms. The Kier molecular flexibility index (Phi) is 3.79. The maximum atomic E-state index is 13.0. The maximum Gasteiger partial charge on any atom is 0.327 e. The van der Waals surface area contributed by atoms with Crippen molar-refractivity contribution in [3.63, 3.8) is 0 Å². The van der Waals surface area contributed by atoms with Crippen LogP contribution in [0.2, 0.25) is 0 Å². The lowest BCUT2D eigenvalue weighted by Gasteiger charge is -2.38. The lowest BCUT2D eigenvalue weighted by atomic mass is 9.83. The molecule has 2 aromatic rings. The van der Waals surface area contributed by atoms with Gasteiger partial charge in [0.2, 0.25) is 0 Å². The molecule has 3 rings (SSSR count). The number of carbonyl (C=O) groups is 3. The summed E-state index contributed by atoms with van der Waals surface area (Å²) in [6, 6.07) is 5.48. The molecule has 2 amide bonds. The number of nitro groups is 1. The minimum absolute atomic E-state index is 0.0799. The Morgan fingerprint density at radius 1 is 1.12 bits per heavy atom. The van der Waals surface area contributed by atoms with Crippen LogP contribution in [-0.2, 0) is 4.79 Å². The van der Waals surface area contributed by atoms with Crippen molar-refractivity contribution in [2.24, 2.45) is 5.41 Å². The number of carboxylic acid groups (broad SMARTS) is 1. The summed E-state index contributed by atoms with van der Waals surface area (Å²) >= 11 is 0. The number of carbonyl (C=O) groups excluding carboxylic acids is 2. The van der Waals surface area contributed by atoms with E-state index in [4.69, 9.17) is 0 Å². The maximum absolute atomic E-state index is 13.0. The van der Waals surface area contributed by atoms with Crippen molar-refractivity contribution in [1.82, 2.24) is 4.90 Å². The number of aliphatic carboxylic acids is 1. The Balaban J connectivity index is 2.31. The highest BCUT2D eigenvalue weighted by atomic mass is 16.6. The Hall–Kier alpha value is -3.29. The summed E-state index contributed by atoms with van der Waals surface area (Å²) in [4.78, 5) is 49.1. The van der Waals surface area contributed by atoms with Crippen LogP contribution in [0.1, 0.15) is 41.5 Å². The summed E-state index contributed by atoms with van der Waals surface area (Å²) < 4.78 is 0. The van der Waals surface area contributed by atoms with E-state index >= 15 is 0 Å². The highest BCUT2D eigenvalue weighted by Crippen LogP contribution is 2.38. The molecule has 1 heterocycles. The average molecular weight is 356 g/mol. The fourth-order valence-corrected chi connectivity index (χ4v) is 3.36. The van der Waals surface area contributed by atoms with Crippen LogP contribution in [0.3, 0.4) is 0 Å². The molecular formula is C18H16N2O6. The zero-order chi connectivity index (χ0) is 19.4. The van der Waals surface area contributed by atoms with Crippen LogP contribution >= 0.6 is 0 Å². The van der Waals surface area contributed by atoms with Gasteiger partial charge in [0, 0.05) is 22.6 Å². The molecule has 0 unspecified atom stereocenters. The zero-order valence-electron chi connectivity index (χ0n) is 14.3. The second kappa shape index (κ2) is 5.62. The first-order valence-corrected chi connectivity index (χ1v) is 7.86. The van der Waals surface area contributed by atoms with Gasteiger partial charge in [-0.1, -0.05) is 26.8 Å². The number of benzene rings is 2. The van der Waals surface area contributed by atoms with Gasteiger partial charge in [-0.25, -0.2) is 4.79 Å². The largest absolute Gasteiger partial charge is 0.480 e. The second-order valence-electron chi connectivity index (χ2n) is 7.20. The monoisotopic (exact) mass is 356 g/mol. The van der Waals surface area contributed by atoms with Gasteiger partial charge in [-0.3, -0.25) is 24.6 Å². The van der Waals surface area contributed by atoms with Crippen LogP contribution in [0, 0.1) is 15.5 Å². The van der Waals surface area contributed by atoms with E-state index in [0.29, 0.717) is 0 Å². The lowest BCUT2D eigenvalue weighted by molar-refractivity contribution is -0.383. The van der Waals surface area contributed by atoms with E-state index < -0.39 is 34.2 Å². The second-order valence-corrected chi connectivity index (χ2v) is 7.20. The molecule has 0 bridgehead atoms. The van der Waals surface area contributed by atoms with Gasteiger partial charge >= 0.3 is 5.97 Å². The summed E-state index contributed by atoms with van der Waals surface area (Å²) in [5.41, 5.74) is -0.957. The average Bonchev–Trinajstić information content (AvgIpc) is 2.54. The quantitative estimate of drug-likeness (QED) is 0.513. The van der Waals surface area contributed by atoms with Crippen LogP contribution in [-0.4, -0.2) is 38.8 Å². The molecule has 0 saturated carbocycles. The molecule has 134 valence electrons. The Morgan fingerprint density at radius 3 is 2.19 bits per heavy atom. The number of rotatable bonds is 3. The van der Waals surface area contributed by atoms with Gasteiger partial charge < -0.3 is 5.11 Å². The molecule has 0 fully saturated rings. The van der Waals surface area contributed by atoms with E-state index in [1.165, 1.54) is 30.3 Å². The topological polar surface area (TPSA) is 118 Å². The summed E-state index contributed by atoms with van der Waals surface area (Å²) in [5, 5.41) is 21.2. The number of nitrogens with zero attached hydrogens (tertiary/aromatic N) is 2. The van der Waals surface area contributed by atoms with Crippen LogP contribution < -0.4 is 0 Å². The third-order valence-electron chi connectivity index (χ3n) is 4.43. The van der Waals surface area contributed by atoms with Gasteiger partial charge in [-0.2, -0.15) is 0 Å². The van der Waals surface area contributed by atoms with Crippen LogP contribution in [0.5, 0.6) is 0 Å². The molecule has 1 N–H and O–H groups in total. The number of amides is 2. The SMILES string of the molecule is CC(C)(C)[C@H](C(=O)O)N1C(=O)c2cccc3c([N+](=O)[O-])ccc(c23)C1=O. The number of non-ortho nitro benzene ring substituents is 1. The summed E-state index contributed by atoms with van der Waals surface area (Å²) in [5.74, 6) is -2.83. The Morgan fingerprint density at radius 2 is 1.69 bits per heavy atom. The van der Waals surface area contributed by atoms with Crippen molar-refractivity contribution < 1.29 is 24.4 Å². The minimum Gasteiger partial charge on any atom is -0.480 e.